The summed E-state index contributed by atoms with van der Waals surface area (Å²) in [5.74, 6) is 0.0196. The van der Waals surface area contributed by atoms with Crippen molar-refractivity contribution in [2.45, 2.75) is 19.9 Å². The monoisotopic (exact) mass is 342 g/mol. The summed E-state index contributed by atoms with van der Waals surface area (Å²) in [5.41, 5.74) is 4.61. The topological polar surface area (TPSA) is 76.8 Å². The lowest BCUT2D eigenvalue weighted by Gasteiger charge is -2.17. The molecule has 3 rings (SSSR count). The van der Waals surface area contributed by atoms with Crippen LogP contribution in [-0.2, 0) is 13.0 Å². The first-order valence-electron chi connectivity index (χ1n) is 7.57. The first-order chi connectivity index (χ1) is 11.6. The fourth-order valence-electron chi connectivity index (χ4n) is 2.35. The minimum Gasteiger partial charge on any atom is -0.341 e. The Morgan fingerprint density at radius 2 is 2.08 bits per heavy atom. The fourth-order valence-corrected chi connectivity index (χ4v) is 3.12. The van der Waals surface area contributed by atoms with Crippen molar-refractivity contribution < 1.29 is 4.79 Å². The van der Waals surface area contributed by atoms with Gasteiger partial charge in [0.15, 0.2) is 0 Å². The van der Waals surface area contributed by atoms with Gasteiger partial charge in [0.1, 0.15) is 6.33 Å². The highest BCUT2D eigenvalue weighted by molar-refractivity contribution is 7.09. The summed E-state index contributed by atoms with van der Waals surface area (Å²) >= 11 is 1.64. The average Bonchev–Trinajstić information content (AvgIpc) is 3.24. The van der Waals surface area contributed by atoms with Crippen LogP contribution in [-0.4, -0.2) is 49.6 Å². The molecule has 2 heterocycles. The molecular formula is C16H18N6OS. The van der Waals surface area contributed by atoms with E-state index in [9.17, 15) is 4.79 Å². The van der Waals surface area contributed by atoms with Gasteiger partial charge >= 0.3 is 0 Å². The number of benzene rings is 1. The van der Waals surface area contributed by atoms with E-state index in [4.69, 9.17) is 0 Å². The zero-order valence-corrected chi connectivity index (χ0v) is 14.4. The molecule has 0 atom stereocenters. The minimum absolute atomic E-state index is 0.0196. The number of thiazole rings is 1. The Hall–Kier alpha value is -2.61. The van der Waals surface area contributed by atoms with E-state index in [0.717, 1.165) is 17.7 Å². The molecule has 0 spiro atoms. The molecule has 0 fully saturated rings. The van der Waals surface area contributed by atoms with Crippen molar-refractivity contribution in [1.82, 2.24) is 30.1 Å². The van der Waals surface area contributed by atoms with Crippen molar-refractivity contribution in [3.8, 4) is 0 Å². The number of aryl methyl sites for hydroxylation is 1. The summed E-state index contributed by atoms with van der Waals surface area (Å²) in [6.45, 7) is 3.26. The molecule has 0 saturated heterocycles. The molecule has 0 bridgehead atoms. The lowest BCUT2D eigenvalue weighted by molar-refractivity contribution is 0.0797. The van der Waals surface area contributed by atoms with Gasteiger partial charge in [-0.2, -0.15) is 0 Å². The Morgan fingerprint density at radius 3 is 2.71 bits per heavy atom. The number of nitrogens with zero attached hydrogens (tertiary/aromatic N) is 6. The lowest BCUT2D eigenvalue weighted by Crippen LogP contribution is -2.28. The van der Waals surface area contributed by atoms with Crippen LogP contribution in [0.3, 0.4) is 0 Å². The maximum Gasteiger partial charge on any atom is 0.253 e. The maximum atomic E-state index is 12.5. The first-order valence-corrected chi connectivity index (χ1v) is 8.45. The smallest absolute Gasteiger partial charge is 0.253 e. The SMILES string of the molecule is Cc1ncsc1CCN(C)C(=O)c1ccc(Cn2cnnn2)cc1. The van der Waals surface area contributed by atoms with Crippen LogP contribution in [0.15, 0.2) is 36.1 Å². The molecule has 0 aliphatic heterocycles. The summed E-state index contributed by atoms with van der Waals surface area (Å²) in [4.78, 5) is 19.7. The fraction of sp³-hybridized carbons (Fsp3) is 0.312. The lowest BCUT2D eigenvalue weighted by atomic mass is 10.1. The third-order valence-electron chi connectivity index (χ3n) is 3.80. The van der Waals surface area contributed by atoms with E-state index in [1.54, 1.807) is 27.2 Å². The van der Waals surface area contributed by atoms with Gasteiger partial charge in [-0.1, -0.05) is 12.1 Å². The number of carbonyl (C=O) groups excluding carboxylic acids is 1. The van der Waals surface area contributed by atoms with Gasteiger partial charge in [0, 0.05) is 30.5 Å². The maximum absolute atomic E-state index is 12.5. The van der Waals surface area contributed by atoms with E-state index in [0.29, 0.717) is 18.7 Å². The first kappa shape index (κ1) is 16.3. The van der Waals surface area contributed by atoms with Gasteiger partial charge in [0.05, 0.1) is 17.7 Å². The second-order valence-electron chi connectivity index (χ2n) is 5.54. The van der Waals surface area contributed by atoms with Gasteiger partial charge in [-0.15, -0.1) is 16.4 Å². The number of rotatable bonds is 6. The van der Waals surface area contributed by atoms with Crippen LogP contribution in [0, 0.1) is 6.92 Å². The molecule has 124 valence electrons. The number of carbonyl (C=O) groups is 1. The van der Waals surface area contributed by atoms with Crippen molar-refractivity contribution in [1.29, 1.82) is 0 Å². The van der Waals surface area contributed by atoms with Crippen LogP contribution in [0.2, 0.25) is 0 Å². The van der Waals surface area contributed by atoms with Crippen molar-refractivity contribution >= 4 is 17.2 Å². The predicted molar refractivity (Wildman–Crippen MR) is 90.9 cm³/mol. The summed E-state index contributed by atoms with van der Waals surface area (Å²) in [6.07, 6.45) is 2.39. The van der Waals surface area contributed by atoms with E-state index in [1.165, 1.54) is 4.88 Å². The minimum atomic E-state index is 0.0196. The molecular weight excluding hydrogens is 324 g/mol. The van der Waals surface area contributed by atoms with E-state index in [-0.39, 0.29) is 5.91 Å². The van der Waals surface area contributed by atoms with Crippen molar-refractivity contribution in [3.05, 3.63) is 57.8 Å². The molecule has 7 nitrogen and oxygen atoms in total. The molecule has 24 heavy (non-hydrogen) atoms. The predicted octanol–water partition coefficient (Wildman–Crippen LogP) is 1.80. The molecule has 0 unspecified atom stereocenters. The summed E-state index contributed by atoms with van der Waals surface area (Å²) in [7, 11) is 1.83. The van der Waals surface area contributed by atoms with Crippen LogP contribution < -0.4 is 0 Å². The summed E-state index contributed by atoms with van der Waals surface area (Å²) in [5, 5.41) is 11.0. The van der Waals surface area contributed by atoms with Crippen molar-refractivity contribution in [2.24, 2.45) is 0 Å². The van der Waals surface area contributed by atoms with Gasteiger partial charge < -0.3 is 4.90 Å². The Balaban J connectivity index is 1.58. The van der Waals surface area contributed by atoms with E-state index >= 15 is 0 Å². The highest BCUT2D eigenvalue weighted by Gasteiger charge is 2.12. The molecule has 0 saturated carbocycles. The normalized spacial score (nSPS) is 10.8. The standard InChI is InChI=1S/C16H18N6OS/c1-12-15(24-11-17-12)7-8-21(2)16(23)14-5-3-13(4-6-14)9-22-10-18-19-20-22/h3-6,10-11H,7-9H2,1-2H3. The van der Waals surface area contributed by atoms with Gasteiger partial charge in [-0.25, -0.2) is 9.67 Å². The number of aromatic nitrogens is 5. The number of likely N-dealkylation sites (N-methyl/N-ethyl adjacent to an activating group) is 1. The zero-order valence-electron chi connectivity index (χ0n) is 13.6. The molecule has 8 heteroatoms. The second-order valence-corrected chi connectivity index (χ2v) is 6.48. The highest BCUT2D eigenvalue weighted by Crippen LogP contribution is 2.14. The van der Waals surface area contributed by atoms with Gasteiger partial charge in [0.2, 0.25) is 0 Å². The molecule has 0 aliphatic carbocycles. The van der Waals surface area contributed by atoms with Crippen LogP contribution in [0.5, 0.6) is 0 Å². The Morgan fingerprint density at radius 1 is 1.29 bits per heavy atom. The number of tetrazole rings is 1. The van der Waals surface area contributed by atoms with Crippen molar-refractivity contribution in [2.75, 3.05) is 13.6 Å². The summed E-state index contributed by atoms with van der Waals surface area (Å²) < 4.78 is 1.64. The van der Waals surface area contributed by atoms with Crippen LogP contribution >= 0.6 is 11.3 Å². The largest absolute Gasteiger partial charge is 0.341 e. The molecule has 0 aliphatic rings. The summed E-state index contributed by atoms with van der Waals surface area (Å²) in [6, 6.07) is 7.54. The van der Waals surface area contributed by atoms with E-state index < -0.39 is 0 Å². The van der Waals surface area contributed by atoms with Gasteiger partial charge in [0.25, 0.3) is 5.91 Å². The van der Waals surface area contributed by atoms with Gasteiger partial charge in [-0.3, -0.25) is 4.79 Å². The Kier molecular flexibility index (Phi) is 4.95. The molecule has 1 aromatic carbocycles. The quantitative estimate of drug-likeness (QED) is 0.683. The molecule has 2 aromatic heterocycles. The molecule has 3 aromatic rings. The second kappa shape index (κ2) is 7.31. The van der Waals surface area contributed by atoms with Gasteiger partial charge in [-0.05, 0) is 35.0 Å². The third-order valence-corrected chi connectivity index (χ3v) is 4.80. The van der Waals surface area contributed by atoms with E-state index in [2.05, 4.69) is 20.5 Å². The van der Waals surface area contributed by atoms with Crippen LogP contribution in [0.1, 0.15) is 26.5 Å². The van der Waals surface area contributed by atoms with Crippen LogP contribution in [0.25, 0.3) is 0 Å². The molecule has 0 N–H and O–H groups in total. The molecule has 1 amide bonds. The number of amides is 1. The van der Waals surface area contributed by atoms with E-state index in [1.807, 2.05) is 43.7 Å². The van der Waals surface area contributed by atoms with Crippen LogP contribution in [0.4, 0.5) is 0 Å². The van der Waals surface area contributed by atoms with Crippen molar-refractivity contribution in [3.63, 3.8) is 0 Å². The zero-order chi connectivity index (χ0) is 16.9. The Labute approximate surface area is 144 Å². The number of hydrogen-bond acceptors (Lipinski definition) is 6. The average molecular weight is 342 g/mol. The molecule has 0 radical (unpaired) electrons. The highest BCUT2D eigenvalue weighted by atomic mass is 32.1. The third kappa shape index (κ3) is 3.83. The number of hydrogen-bond donors (Lipinski definition) is 0. The Bertz CT molecular complexity index is 796.